The lowest BCUT2D eigenvalue weighted by Crippen LogP contribution is -2.26. The highest BCUT2D eigenvalue weighted by Crippen LogP contribution is 2.28. The summed E-state index contributed by atoms with van der Waals surface area (Å²) in [5, 5.41) is 0. The van der Waals surface area contributed by atoms with Crippen LogP contribution in [0.5, 0.6) is 0 Å². The van der Waals surface area contributed by atoms with Crippen molar-refractivity contribution in [2.24, 2.45) is 0 Å². The molecule has 0 aliphatic heterocycles. The third kappa shape index (κ3) is 2.92. The molecule has 6 heteroatoms. The number of amides is 1. The lowest BCUT2D eigenvalue weighted by molar-refractivity contribution is 0.180. The van der Waals surface area contributed by atoms with Crippen LogP contribution in [0.2, 0.25) is 0 Å². The van der Waals surface area contributed by atoms with Crippen LogP contribution >= 0.6 is 11.8 Å². The number of carbonyl (C=O) groups is 1. The molecule has 22 heavy (non-hydrogen) atoms. The van der Waals surface area contributed by atoms with Gasteiger partial charge >= 0.3 is 6.09 Å². The van der Waals surface area contributed by atoms with Crippen molar-refractivity contribution in [1.82, 2.24) is 9.38 Å². The fraction of sp³-hybridized carbons (Fsp3) is 0.125. The largest absolute Gasteiger partial charge is 0.452 e. The molecule has 0 saturated carbocycles. The summed E-state index contributed by atoms with van der Waals surface area (Å²) in [5.74, 6) is 0.550. The van der Waals surface area contributed by atoms with Gasteiger partial charge in [0.25, 0.3) is 0 Å². The first-order valence-electron chi connectivity index (χ1n) is 6.71. The molecule has 1 amide bonds. The smallest absolute Gasteiger partial charge is 0.414 e. The van der Waals surface area contributed by atoms with Crippen molar-refractivity contribution in [3.05, 3.63) is 54.9 Å². The number of hydrogen-bond donors (Lipinski definition) is 0. The molecule has 3 aromatic rings. The Morgan fingerprint density at radius 1 is 1.14 bits per heavy atom. The fourth-order valence-electron chi connectivity index (χ4n) is 2.04. The molecule has 0 spiro atoms. The minimum Gasteiger partial charge on any atom is -0.452 e. The molecule has 0 aliphatic rings. The maximum atomic E-state index is 11.5. The van der Waals surface area contributed by atoms with Gasteiger partial charge in [-0.15, -0.1) is 0 Å². The predicted molar refractivity (Wildman–Crippen MR) is 86.6 cm³/mol. The van der Waals surface area contributed by atoms with Crippen molar-refractivity contribution in [1.29, 1.82) is 0 Å². The molecule has 0 unspecified atom stereocenters. The van der Waals surface area contributed by atoms with E-state index in [0.29, 0.717) is 5.82 Å². The van der Waals surface area contributed by atoms with Gasteiger partial charge in [0.2, 0.25) is 0 Å². The van der Waals surface area contributed by atoms with Crippen LogP contribution in [0.3, 0.4) is 0 Å². The highest BCUT2D eigenvalue weighted by atomic mass is 32.2. The second-order valence-corrected chi connectivity index (χ2v) is 5.82. The number of imidazole rings is 1. The molecule has 0 radical (unpaired) electrons. The van der Waals surface area contributed by atoms with Gasteiger partial charge in [0.1, 0.15) is 5.65 Å². The van der Waals surface area contributed by atoms with Gasteiger partial charge in [-0.1, -0.05) is 30.0 Å². The fourth-order valence-corrected chi connectivity index (χ4v) is 2.90. The number of benzene rings is 1. The maximum absolute atomic E-state index is 11.5. The van der Waals surface area contributed by atoms with Crippen LogP contribution in [-0.2, 0) is 4.74 Å². The number of pyridine rings is 1. The van der Waals surface area contributed by atoms with Crippen molar-refractivity contribution in [3.63, 3.8) is 0 Å². The predicted octanol–water partition coefficient (Wildman–Crippen LogP) is 3.69. The van der Waals surface area contributed by atoms with Gasteiger partial charge in [0.15, 0.2) is 5.82 Å². The van der Waals surface area contributed by atoms with Crippen LogP contribution in [0.25, 0.3) is 5.65 Å². The Hall–Kier alpha value is -2.47. The lowest BCUT2D eigenvalue weighted by Gasteiger charge is -2.10. The molecule has 112 valence electrons. The first kappa shape index (κ1) is 14.5. The molecule has 0 N–H and O–H groups in total. The number of aromatic nitrogens is 2. The molecule has 2 heterocycles. The van der Waals surface area contributed by atoms with Crippen molar-refractivity contribution in [2.45, 2.75) is 9.79 Å². The first-order valence-corrected chi connectivity index (χ1v) is 7.52. The zero-order valence-electron chi connectivity index (χ0n) is 12.3. The number of methoxy groups -OCH3 is 1. The van der Waals surface area contributed by atoms with E-state index >= 15 is 0 Å². The monoisotopic (exact) mass is 313 g/mol. The van der Waals surface area contributed by atoms with Gasteiger partial charge in [-0.25, -0.2) is 9.78 Å². The molecule has 0 saturated heterocycles. The summed E-state index contributed by atoms with van der Waals surface area (Å²) in [4.78, 5) is 19.6. The Labute approximate surface area is 132 Å². The van der Waals surface area contributed by atoms with Gasteiger partial charge < -0.3 is 9.14 Å². The topological polar surface area (TPSA) is 46.8 Å². The van der Waals surface area contributed by atoms with E-state index in [9.17, 15) is 4.79 Å². The van der Waals surface area contributed by atoms with Crippen molar-refractivity contribution >= 4 is 29.3 Å². The molecule has 0 fully saturated rings. The van der Waals surface area contributed by atoms with E-state index in [2.05, 4.69) is 17.1 Å². The number of carbonyl (C=O) groups excluding carboxylic acids is 1. The summed E-state index contributed by atoms with van der Waals surface area (Å²) in [7, 11) is 2.98. The SMILES string of the molecule is COC(=O)N(C)c1cn2cc(Sc3ccccc3)ccc2n1. The van der Waals surface area contributed by atoms with Crippen LogP contribution in [0, 0.1) is 0 Å². The number of hydrogen-bond acceptors (Lipinski definition) is 4. The lowest BCUT2D eigenvalue weighted by atomic mass is 10.4. The Morgan fingerprint density at radius 2 is 1.91 bits per heavy atom. The Balaban J connectivity index is 1.88. The Morgan fingerprint density at radius 3 is 2.64 bits per heavy atom. The zero-order valence-corrected chi connectivity index (χ0v) is 13.1. The number of fused-ring (bicyclic) bond motifs is 1. The summed E-state index contributed by atoms with van der Waals surface area (Å²) in [6.07, 6.45) is 3.36. The molecule has 1 aromatic carbocycles. The number of rotatable bonds is 3. The third-order valence-corrected chi connectivity index (χ3v) is 4.17. The van der Waals surface area contributed by atoms with Crippen LogP contribution < -0.4 is 4.90 Å². The minimum atomic E-state index is -0.442. The molecule has 0 atom stereocenters. The van der Waals surface area contributed by atoms with Gasteiger partial charge in [-0.05, 0) is 24.3 Å². The normalized spacial score (nSPS) is 10.6. The number of nitrogens with zero attached hydrogens (tertiary/aromatic N) is 3. The summed E-state index contributed by atoms with van der Waals surface area (Å²) < 4.78 is 6.60. The average Bonchev–Trinajstić information content (AvgIpc) is 2.97. The van der Waals surface area contributed by atoms with Crippen LogP contribution in [-0.4, -0.2) is 29.6 Å². The van der Waals surface area contributed by atoms with Crippen molar-refractivity contribution < 1.29 is 9.53 Å². The van der Waals surface area contributed by atoms with E-state index in [0.717, 1.165) is 10.5 Å². The van der Waals surface area contributed by atoms with Gasteiger partial charge in [0.05, 0.1) is 13.3 Å². The summed E-state index contributed by atoms with van der Waals surface area (Å²) in [6.45, 7) is 0. The summed E-state index contributed by atoms with van der Waals surface area (Å²) in [5.41, 5.74) is 0.781. The van der Waals surface area contributed by atoms with Crippen LogP contribution in [0.4, 0.5) is 10.6 Å². The van der Waals surface area contributed by atoms with E-state index < -0.39 is 6.09 Å². The zero-order chi connectivity index (χ0) is 15.5. The maximum Gasteiger partial charge on any atom is 0.414 e. The third-order valence-electron chi connectivity index (χ3n) is 3.18. The van der Waals surface area contributed by atoms with Crippen molar-refractivity contribution in [3.8, 4) is 0 Å². The average molecular weight is 313 g/mol. The second kappa shape index (κ2) is 6.11. The van der Waals surface area contributed by atoms with Crippen molar-refractivity contribution in [2.75, 3.05) is 19.1 Å². The van der Waals surface area contributed by atoms with Gasteiger partial charge in [0, 0.05) is 23.0 Å². The Bertz CT molecular complexity index is 802. The first-order chi connectivity index (χ1) is 10.7. The van der Waals surface area contributed by atoms with E-state index in [1.54, 1.807) is 25.0 Å². The molecule has 3 rings (SSSR count). The quantitative estimate of drug-likeness (QED) is 0.740. The minimum absolute atomic E-state index is 0.442. The molecular formula is C16H15N3O2S. The molecule has 0 aliphatic carbocycles. The number of anilines is 1. The summed E-state index contributed by atoms with van der Waals surface area (Å²) in [6, 6.07) is 14.1. The van der Waals surface area contributed by atoms with Gasteiger partial charge in [-0.2, -0.15) is 0 Å². The highest BCUT2D eigenvalue weighted by molar-refractivity contribution is 7.99. The van der Waals surface area contributed by atoms with Gasteiger partial charge in [-0.3, -0.25) is 4.90 Å². The Kier molecular flexibility index (Phi) is 4.02. The van der Waals surface area contributed by atoms with E-state index in [4.69, 9.17) is 4.74 Å². The second-order valence-electron chi connectivity index (χ2n) is 4.67. The molecule has 0 bridgehead atoms. The standard InChI is InChI=1S/C16H15N3O2S/c1-18(16(20)21-2)15-11-19-10-13(8-9-14(19)17-15)22-12-6-4-3-5-7-12/h3-11H,1-2H3. The van der Waals surface area contributed by atoms with Crippen LogP contribution in [0.15, 0.2) is 64.6 Å². The highest BCUT2D eigenvalue weighted by Gasteiger charge is 2.14. The molecule has 2 aromatic heterocycles. The number of ether oxygens (including phenoxy) is 1. The van der Waals surface area contributed by atoms with Crippen LogP contribution in [0.1, 0.15) is 0 Å². The molecular weight excluding hydrogens is 298 g/mol. The van der Waals surface area contributed by atoms with E-state index in [1.807, 2.05) is 40.9 Å². The van der Waals surface area contributed by atoms with E-state index in [1.165, 1.54) is 16.9 Å². The summed E-state index contributed by atoms with van der Waals surface area (Å²) >= 11 is 1.68. The molecule has 5 nitrogen and oxygen atoms in total. The van der Waals surface area contributed by atoms with E-state index in [-0.39, 0.29) is 0 Å².